The minimum absolute atomic E-state index is 0.274. The summed E-state index contributed by atoms with van der Waals surface area (Å²) in [5.74, 6) is -0.585. The first-order valence-electron chi connectivity index (χ1n) is 11.6. The Balaban J connectivity index is 1.29. The summed E-state index contributed by atoms with van der Waals surface area (Å²) in [5.41, 5.74) is 14.3. The van der Waals surface area contributed by atoms with Gasteiger partial charge in [0.2, 0.25) is 5.91 Å². The summed E-state index contributed by atoms with van der Waals surface area (Å²) in [5, 5.41) is 11.9. The molecular formula is C25H27N7O2S2. The molecule has 1 aliphatic rings. The molecule has 1 fully saturated rings. The van der Waals surface area contributed by atoms with Crippen molar-refractivity contribution in [2.24, 2.45) is 11.1 Å². The van der Waals surface area contributed by atoms with Crippen LogP contribution in [0.2, 0.25) is 0 Å². The largest absolute Gasteiger partial charge is 0.399 e. The predicted octanol–water partition coefficient (Wildman–Crippen LogP) is 4.04. The number of nitrogens with two attached hydrogens (primary N) is 2. The summed E-state index contributed by atoms with van der Waals surface area (Å²) in [6, 6.07) is 9.54. The lowest BCUT2D eigenvalue weighted by atomic mass is 9.79. The Labute approximate surface area is 216 Å². The number of hydrogen-bond acceptors (Lipinski definition) is 8. The number of rotatable bonds is 7. The summed E-state index contributed by atoms with van der Waals surface area (Å²) in [4.78, 5) is 32.9. The summed E-state index contributed by atoms with van der Waals surface area (Å²) in [6.45, 7) is 3.92. The SMILES string of the molecule is CC1(C(N)=O)CCN(c2ccc(N)cc2NC(=O)c2csc(-c3cnn(Cc4cccs4)c3)n2)CC1. The molecule has 1 saturated heterocycles. The van der Waals surface area contributed by atoms with Crippen LogP contribution in [0.3, 0.4) is 0 Å². The molecule has 186 valence electrons. The van der Waals surface area contributed by atoms with E-state index in [1.165, 1.54) is 16.2 Å². The normalized spacial score (nSPS) is 15.1. The second kappa shape index (κ2) is 9.75. The van der Waals surface area contributed by atoms with Crippen LogP contribution in [-0.2, 0) is 11.3 Å². The van der Waals surface area contributed by atoms with Gasteiger partial charge in [-0.05, 0) is 42.5 Å². The van der Waals surface area contributed by atoms with E-state index in [4.69, 9.17) is 11.5 Å². The minimum atomic E-state index is -0.512. The maximum atomic E-state index is 13.1. The van der Waals surface area contributed by atoms with Crippen molar-refractivity contribution in [3.63, 3.8) is 0 Å². The fourth-order valence-electron chi connectivity index (χ4n) is 4.24. The van der Waals surface area contributed by atoms with E-state index in [1.54, 1.807) is 29.0 Å². The molecule has 9 nitrogen and oxygen atoms in total. The molecule has 11 heteroatoms. The molecule has 0 spiro atoms. The first-order valence-corrected chi connectivity index (χ1v) is 13.3. The van der Waals surface area contributed by atoms with E-state index >= 15 is 0 Å². The molecule has 0 bridgehead atoms. The number of benzene rings is 1. The summed E-state index contributed by atoms with van der Waals surface area (Å²) >= 11 is 3.08. The van der Waals surface area contributed by atoms with Gasteiger partial charge in [-0.25, -0.2) is 4.98 Å². The zero-order valence-corrected chi connectivity index (χ0v) is 21.4. The van der Waals surface area contributed by atoms with Crippen LogP contribution in [0.25, 0.3) is 10.6 Å². The number of nitrogen functional groups attached to an aromatic ring is 1. The van der Waals surface area contributed by atoms with Gasteiger partial charge < -0.3 is 21.7 Å². The van der Waals surface area contributed by atoms with Crippen LogP contribution in [0.5, 0.6) is 0 Å². The molecule has 36 heavy (non-hydrogen) atoms. The number of anilines is 3. The van der Waals surface area contributed by atoms with E-state index in [0.717, 1.165) is 16.3 Å². The van der Waals surface area contributed by atoms with Crippen LogP contribution in [0, 0.1) is 5.41 Å². The molecule has 0 radical (unpaired) electrons. The fraction of sp³-hybridized carbons (Fsp3) is 0.280. The third-order valence-electron chi connectivity index (χ3n) is 6.59. The number of carbonyl (C=O) groups excluding carboxylic acids is 2. The van der Waals surface area contributed by atoms with E-state index in [0.29, 0.717) is 49.5 Å². The number of nitrogens with one attached hydrogen (secondary N) is 1. The van der Waals surface area contributed by atoms with Crippen LogP contribution in [0.4, 0.5) is 17.1 Å². The summed E-state index contributed by atoms with van der Waals surface area (Å²) in [7, 11) is 0. The average molecular weight is 522 g/mol. The van der Waals surface area contributed by atoms with Crippen molar-refractivity contribution in [1.82, 2.24) is 14.8 Å². The Bertz CT molecular complexity index is 1390. The number of nitrogens with zero attached hydrogens (tertiary/aromatic N) is 4. The Morgan fingerprint density at radius 1 is 1.19 bits per heavy atom. The Kier molecular flexibility index (Phi) is 6.50. The van der Waals surface area contributed by atoms with E-state index in [9.17, 15) is 9.59 Å². The van der Waals surface area contributed by atoms with Crippen molar-refractivity contribution in [1.29, 1.82) is 0 Å². The van der Waals surface area contributed by atoms with Gasteiger partial charge in [0.1, 0.15) is 10.7 Å². The smallest absolute Gasteiger partial charge is 0.275 e. The summed E-state index contributed by atoms with van der Waals surface area (Å²) in [6.07, 6.45) is 5.00. The van der Waals surface area contributed by atoms with Crippen molar-refractivity contribution in [2.45, 2.75) is 26.3 Å². The number of primary amides is 1. The Hall–Kier alpha value is -3.70. The summed E-state index contributed by atoms with van der Waals surface area (Å²) < 4.78 is 1.86. The molecule has 0 aliphatic carbocycles. The Morgan fingerprint density at radius 2 is 2.00 bits per heavy atom. The molecule has 3 aromatic heterocycles. The van der Waals surface area contributed by atoms with Gasteiger partial charge in [0, 0.05) is 46.2 Å². The highest BCUT2D eigenvalue weighted by Crippen LogP contribution is 2.36. The van der Waals surface area contributed by atoms with Gasteiger partial charge in [-0.1, -0.05) is 13.0 Å². The quantitative estimate of drug-likeness (QED) is 0.315. The van der Waals surface area contributed by atoms with Gasteiger partial charge in [0.05, 0.1) is 24.1 Å². The molecule has 1 aromatic carbocycles. The van der Waals surface area contributed by atoms with Gasteiger partial charge in [-0.3, -0.25) is 14.3 Å². The topological polar surface area (TPSA) is 132 Å². The molecule has 0 unspecified atom stereocenters. The van der Waals surface area contributed by atoms with Gasteiger partial charge in [-0.15, -0.1) is 22.7 Å². The first-order chi connectivity index (χ1) is 17.3. The zero-order chi connectivity index (χ0) is 25.3. The van der Waals surface area contributed by atoms with Crippen molar-refractivity contribution in [2.75, 3.05) is 29.0 Å². The molecule has 5 rings (SSSR count). The predicted molar refractivity (Wildman–Crippen MR) is 144 cm³/mol. The van der Waals surface area contributed by atoms with Gasteiger partial charge in [-0.2, -0.15) is 5.10 Å². The lowest BCUT2D eigenvalue weighted by Gasteiger charge is -2.39. The lowest BCUT2D eigenvalue weighted by Crippen LogP contribution is -2.45. The standard InChI is InChI=1S/C25H27N7O2S2/c1-25(24(27)34)6-8-31(9-7-25)21-5-4-17(26)11-19(21)29-22(33)20-15-36-23(30-20)16-12-28-32(13-16)14-18-3-2-10-35-18/h2-5,10-13,15H,6-9,14,26H2,1H3,(H2,27,34)(H,29,33). The molecule has 0 saturated carbocycles. The second-order valence-electron chi connectivity index (χ2n) is 9.19. The highest BCUT2D eigenvalue weighted by atomic mass is 32.1. The van der Waals surface area contributed by atoms with Gasteiger partial charge in [0.25, 0.3) is 5.91 Å². The number of amides is 2. The van der Waals surface area contributed by atoms with Crippen LogP contribution >= 0.6 is 22.7 Å². The molecule has 2 amide bonds. The van der Waals surface area contributed by atoms with Gasteiger partial charge >= 0.3 is 0 Å². The number of hydrogen-bond donors (Lipinski definition) is 3. The Morgan fingerprint density at radius 3 is 2.72 bits per heavy atom. The monoisotopic (exact) mass is 521 g/mol. The van der Waals surface area contributed by atoms with Crippen LogP contribution < -0.4 is 21.7 Å². The third-order valence-corrected chi connectivity index (χ3v) is 8.34. The second-order valence-corrected chi connectivity index (χ2v) is 11.1. The average Bonchev–Trinajstić information content (AvgIpc) is 3.62. The number of thiazole rings is 1. The fourth-order valence-corrected chi connectivity index (χ4v) is 5.71. The maximum absolute atomic E-state index is 13.1. The first kappa shape index (κ1) is 24.0. The molecular weight excluding hydrogens is 494 g/mol. The molecule has 4 aromatic rings. The number of piperidine rings is 1. The number of aromatic nitrogens is 3. The van der Waals surface area contributed by atoms with Gasteiger partial charge in [0.15, 0.2) is 0 Å². The number of carbonyl (C=O) groups is 2. The third kappa shape index (κ3) is 4.98. The molecule has 5 N–H and O–H groups in total. The van der Waals surface area contributed by atoms with Crippen molar-refractivity contribution in [3.05, 3.63) is 64.1 Å². The van der Waals surface area contributed by atoms with E-state index < -0.39 is 5.41 Å². The van der Waals surface area contributed by atoms with E-state index in [2.05, 4.69) is 26.4 Å². The van der Waals surface area contributed by atoms with Crippen molar-refractivity contribution in [3.8, 4) is 10.6 Å². The van der Waals surface area contributed by atoms with Crippen LogP contribution in [0.1, 0.15) is 35.1 Å². The highest BCUT2D eigenvalue weighted by Gasteiger charge is 2.35. The minimum Gasteiger partial charge on any atom is -0.399 e. The maximum Gasteiger partial charge on any atom is 0.275 e. The zero-order valence-electron chi connectivity index (χ0n) is 19.8. The lowest BCUT2D eigenvalue weighted by molar-refractivity contribution is -0.127. The van der Waals surface area contributed by atoms with Crippen LogP contribution in [-0.4, -0.2) is 39.7 Å². The molecule has 0 atom stereocenters. The van der Waals surface area contributed by atoms with E-state index in [-0.39, 0.29) is 11.8 Å². The van der Waals surface area contributed by atoms with Crippen LogP contribution in [0.15, 0.2) is 53.5 Å². The van der Waals surface area contributed by atoms with Crippen molar-refractivity contribution >= 4 is 51.6 Å². The molecule has 1 aliphatic heterocycles. The van der Waals surface area contributed by atoms with Crippen molar-refractivity contribution < 1.29 is 9.59 Å². The highest BCUT2D eigenvalue weighted by molar-refractivity contribution is 7.13. The molecule has 4 heterocycles. The number of thiophene rings is 1. The van der Waals surface area contributed by atoms with E-state index in [1.807, 2.05) is 41.4 Å².